The molecular weight excluding hydrogens is 491 g/mol. The number of benzene rings is 1. The van der Waals surface area contributed by atoms with Crippen LogP contribution in [0.25, 0.3) is 0 Å². The molecule has 2 aromatic rings. The molecule has 0 amide bonds. The number of nitrogens with zero attached hydrogens (tertiary/aromatic N) is 2. The molecule has 1 aliphatic rings. The first kappa shape index (κ1) is 24.4. The van der Waals surface area contributed by atoms with Crippen molar-refractivity contribution in [2.75, 3.05) is 32.8 Å². The Hall–Kier alpha value is -1.87. The van der Waals surface area contributed by atoms with Crippen LogP contribution < -0.4 is 15.4 Å². The maximum absolute atomic E-state index is 6.12. The number of pyridine rings is 1. The summed E-state index contributed by atoms with van der Waals surface area (Å²) in [6.45, 7) is 7.78. The van der Waals surface area contributed by atoms with Gasteiger partial charge in [-0.3, -0.25) is 9.98 Å². The highest BCUT2D eigenvalue weighted by Gasteiger charge is 2.27. The summed E-state index contributed by atoms with van der Waals surface area (Å²) in [6.07, 6.45) is 5.79. The molecule has 2 N–H and O–H groups in total. The van der Waals surface area contributed by atoms with Gasteiger partial charge in [0, 0.05) is 31.8 Å². The predicted octanol–water partition coefficient (Wildman–Crippen LogP) is 4.11. The van der Waals surface area contributed by atoms with Gasteiger partial charge in [0.25, 0.3) is 0 Å². The van der Waals surface area contributed by atoms with Crippen molar-refractivity contribution in [1.29, 1.82) is 0 Å². The molecule has 0 bridgehead atoms. The molecule has 7 heteroatoms. The summed E-state index contributed by atoms with van der Waals surface area (Å²) in [7, 11) is 0. The van der Waals surface area contributed by atoms with Crippen LogP contribution in [0.2, 0.25) is 0 Å². The van der Waals surface area contributed by atoms with Crippen LogP contribution in [-0.2, 0) is 4.74 Å². The third kappa shape index (κ3) is 7.75. The zero-order valence-corrected chi connectivity index (χ0v) is 20.2. The highest BCUT2D eigenvalue weighted by atomic mass is 127. The van der Waals surface area contributed by atoms with Gasteiger partial charge in [-0.05, 0) is 44.4 Å². The minimum absolute atomic E-state index is 0. The molecule has 0 spiro atoms. The van der Waals surface area contributed by atoms with Gasteiger partial charge in [0.05, 0.1) is 18.8 Å². The number of rotatable bonds is 8. The summed E-state index contributed by atoms with van der Waals surface area (Å²) in [5, 5.41) is 6.66. The van der Waals surface area contributed by atoms with Crippen molar-refractivity contribution in [2.24, 2.45) is 10.9 Å². The lowest BCUT2D eigenvalue weighted by Gasteiger charge is -2.31. The van der Waals surface area contributed by atoms with Gasteiger partial charge < -0.3 is 20.1 Å². The number of aliphatic imine (C=N–C) groups is 1. The third-order valence-corrected chi connectivity index (χ3v) is 4.98. The first-order chi connectivity index (χ1) is 14.3. The Morgan fingerprint density at radius 2 is 2.07 bits per heavy atom. The topological polar surface area (TPSA) is 67.8 Å². The van der Waals surface area contributed by atoms with E-state index in [0.717, 1.165) is 44.2 Å². The number of guanidine groups is 1. The number of hydrogen-bond donors (Lipinski definition) is 2. The van der Waals surface area contributed by atoms with Crippen LogP contribution in [-0.4, -0.2) is 43.8 Å². The molecule has 2 unspecified atom stereocenters. The fourth-order valence-corrected chi connectivity index (χ4v) is 3.48. The molecule has 1 saturated heterocycles. The molecule has 3 rings (SSSR count). The number of halogens is 1. The first-order valence-corrected chi connectivity index (χ1v) is 10.5. The molecule has 1 aromatic carbocycles. The second-order valence-electron chi connectivity index (χ2n) is 7.29. The minimum Gasteiger partial charge on any atom is -0.490 e. The molecule has 1 fully saturated rings. The molecule has 164 valence electrons. The van der Waals surface area contributed by atoms with E-state index in [4.69, 9.17) is 14.5 Å². The van der Waals surface area contributed by atoms with Crippen molar-refractivity contribution in [2.45, 2.75) is 32.8 Å². The molecule has 2 atom stereocenters. The largest absolute Gasteiger partial charge is 0.490 e. The Bertz CT molecular complexity index is 756. The van der Waals surface area contributed by atoms with Gasteiger partial charge in [0.2, 0.25) is 0 Å². The Labute approximate surface area is 196 Å². The lowest BCUT2D eigenvalue weighted by molar-refractivity contribution is -0.0250. The molecule has 1 aromatic heterocycles. The quantitative estimate of drug-likeness (QED) is 0.236. The maximum Gasteiger partial charge on any atom is 0.191 e. The van der Waals surface area contributed by atoms with Crippen molar-refractivity contribution >= 4 is 29.9 Å². The summed E-state index contributed by atoms with van der Waals surface area (Å²) in [4.78, 5) is 8.87. The summed E-state index contributed by atoms with van der Waals surface area (Å²) in [6, 6.07) is 12.4. The van der Waals surface area contributed by atoms with E-state index in [1.54, 1.807) is 12.4 Å². The number of ether oxygens (including phenoxy) is 2. The first-order valence-electron chi connectivity index (χ1n) is 10.5. The van der Waals surface area contributed by atoms with E-state index in [1.165, 1.54) is 11.1 Å². The molecule has 2 heterocycles. The molecular formula is C23H33IN4O2. The summed E-state index contributed by atoms with van der Waals surface area (Å²) in [5.41, 5.74) is 2.52. The van der Waals surface area contributed by atoms with Crippen molar-refractivity contribution in [3.63, 3.8) is 0 Å². The highest BCUT2D eigenvalue weighted by Crippen LogP contribution is 2.33. The third-order valence-electron chi connectivity index (χ3n) is 4.98. The van der Waals surface area contributed by atoms with Crippen molar-refractivity contribution in [1.82, 2.24) is 15.6 Å². The van der Waals surface area contributed by atoms with Gasteiger partial charge in [-0.1, -0.05) is 29.8 Å². The Morgan fingerprint density at radius 1 is 1.23 bits per heavy atom. The average Bonchev–Trinajstić information content (AvgIpc) is 2.76. The van der Waals surface area contributed by atoms with E-state index in [2.05, 4.69) is 53.7 Å². The van der Waals surface area contributed by atoms with Crippen LogP contribution in [0.3, 0.4) is 0 Å². The smallest absolute Gasteiger partial charge is 0.191 e. The normalized spacial score (nSPS) is 18.9. The Morgan fingerprint density at radius 3 is 2.80 bits per heavy atom. The van der Waals surface area contributed by atoms with E-state index >= 15 is 0 Å². The van der Waals surface area contributed by atoms with Gasteiger partial charge in [-0.2, -0.15) is 0 Å². The average molecular weight is 524 g/mol. The second-order valence-corrected chi connectivity index (χ2v) is 7.29. The summed E-state index contributed by atoms with van der Waals surface area (Å²) >= 11 is 0. The number of nitrogens with one attached hydrogen (secondary N) is 2. The Balaban J connectivity index is 0.00000320. The van der Waals surface area contributed by atoms with Crippen LogP contribution in [0.5, 0.6) is 5.75 Å². The van der Waals surface area contributed by atoms with Crippen molar-refractivity contribution in [3.8, 4) is 5.75 Å². The fraction of sp³-hybridized carbons (Fsp3) is 0.478. The fourth-order valence-electron chi connectivity index (χ4n) is 3.48. The minimum atomic E-state index is 0. The molecule has 0 saturated carbocycles. The predicted molar refractivity (Wildman–Crippen MR) is 132 cm³/mol. The number of aryl methyl sites for hydroxylation is 1. The summed E-state index contributed by atoms with van der Waals surface area (Å²) < 4.78 is 11.8. The van der Waals surface area contributed by atoms with Crippen LogP contribution in [0.4, 0.5) is 0 Å². The van der Waals surface area contributed by atoms with Crippen LogP contribution in [0, 0.1) is 12.8 Å². The Kier molecular flexibility index (Phi) is 10.9. The molecule has 6 nitrogen and oxygen atoms in total. The number of aromatic nitrogens is 1. The monoisotopic (exact) mass is 524 g/mol. The zero-order chi connectivity index (χ0) is 20.3. The molecule has 30 heavy (non-hydrogen) atoms. The van der Waals surface area contributed by atoms with Gasteiger partial charge in [0.1, 0.15) is 12.4 Å². The van der Waals surface area contributed by atoms with E-state index in [0.29, 0.717) is 19.1 Å². The molecule has 0 radical (unpaired) electrons. The van der Waals surface area contributed by atoms with Crippen LogP contribution in [0.15, 0.2) is 53.8 Å². The lowest BCUT2D eigenvalue weighted by Crippen LogP contribution is -2.40. The van der Waals surface area contributed by atoms with Gasteiger partial charge in [-0.15, -0.1) is 24.0 Å². The van der Waals surface area contributed by atoms with E-state index in [-0.39, 0.29) is 30.1 Å². The van der Waals surface area contributed by atoms with Crippen molar-refractivity contribution < 1.29 is 9.47 Å². The van der Waals surface area contributed by atoms with E-state index in [1.807, 2.05) is 12.1 Å². The standard InChI is InChI=1S/C23H32N4O2.HI/c1-3-25-23(26-13-15-28-21-7-4-12-24-17-21)27-16-20-6-5-14-29-22(20)19-10-8-18(2)9-11-19;/h4,7-12,17,20,22H,3,5-6,13-16H2,1-2H3,(H2,25,26,27);1H. The maximum atomic E-state index is 6.12. The molecule has 0 aliphatic carbocycles. The van der Waals surface area contributed by atoms with Gasteiger partial charge >= 0.3 is 0 Å². The number of hydrogen-bond acceptors (Lipinski definition) is 4. The zero-order valence-electron chi connectivity index (χ0n) is 17.8. The second kappa shape index (κ2) is 13.4. The highest BCUT2D eigenvalue weighted by molar-refractivity contribution is 14.0. The van der Waals surface area contributed by atoms with E-state index in [9.17, 15) is 0 Å². The lowest BCUT2D eigenvalue weighted by atomic mass is 9.89. The molecule has 1 aliphatic heterocycles. The SMILES string of the molecule is CCNC(=NCC1CCCOC1c1ccc(C)cc1)NCCOc1cccnc1.I. The summed E-state index contributed by atoms with van der Waals surface area (Å²) in [5.74, 6) is 1.97. The van der Waals surface area contributed by atoms with E-state index < -0.39 is 0 Å². The van der Waals surface area contributed by atoms with Crippen molar-refractivity contribution in [3.05, 3.63) is 59.9 Å². The van der Waals surface area contributed by atoms with Crippen LogP contribution in [0.1, 0.15) is 37.0 Å². The van der Waals surface area contributed by atoms with Gasteiger partial charge in [-0.25, -0.2) is 0 Å². The van der Waals surface area contributed by atoms with Crippen LogP contribution >= 0.6 is 24.0 Å². The van der Waals surface area contributed by atoms with Gasteiger partial charge in [0.15, 0.2) is 5.96 Å².